The summed E-state index contributed by atoms with van der Waals surface area (Å²) in [6.07, 6.45) is 1.75. The molecule has 0 heterocycles. The van der Waals surface area contributed by atoms with Gasteiger partial charge in [-0.1, -0.05) is 40.3 Å². The second kappa shape index (κ2) is 49.3. The van der Waals surface area contributed by atoms with Crippen molar-refractivity contribution in [2.45, 2.75) is 41.5 Å². The van der Waals surface area contributed by atoms with E-state index in [2.05, 4.69) is 24.9 Å². The molecule has 0 atom stereocenters. The van der Waals surface area contributed by atoms with Crippen LogP contribution in [0, 0.1) is 0 Å². The predicted molar refractivity (Wildman–Crippen MR) is 62.9 cm³/mol. The van der Waals surface area contributed by atoms with E-state index in [4.69, 9.17) is 0 Å². The summed E-state index contributed by atoms with van der Waals surface area (Å²) >= 11 is 0. The van der Waals surface area contributed by atoms with Gasteiger partial charge in [-0.3, -0.25) is 4.99 Å². The fourth-order valence-electron chi connectivity index (χ4n) is 0. The summed E-state index contributed by atoms with van der Waals surface area (Å²) in [5, 5.41) is 0. The molecular weight excluding hydrogens is 146 g/mol. The molecular formula is C11H25N. The first-order valence-corrected chi connectivity index (χ1v) is 4.38. The zero-order valence-corrected chi connectivity index (χ0v) is 9.65. The quantitative estimate of drug-likeness (QED) is 0.408. The van der Waals surface area contributed by atoms with E-state index in [1.807, 2.05) is 34.6 Å². The van der Waals surface area contributed by atoms with Crippen LogP contribution < -0.4 is 0 Å². The summed E-state index contributed by atoms with van der Waals surface area (Å²) < 4.78 is 0. The molecule has 0 radical (unpaired) electrons. The highest BCUT2D eigenvalue weighted by atomic mass is 14.7. The maximum atomic E-state index is 3.44. The van der Waals surface area contributed by atoms with Crippen LogP contribution >= 0.6 is 0 Å². The van der Waals surface area contributed by atoms with Gasteiger partial charge in [-0.15, -0.1) is 6.58 Å². The standard InChI is InChI=1S/C4H7N.C3H6.2C2H6/c1-4(2)5-3;1-3-2;2*1-2/h1,3H2,2H3;3H,1H2,2H3;2*1-2H3. The van der Waals surface area contributed by atoms with E-state index < -0.39 is 0 Å². The minimum Gasteiger partial charge on any atom is -0.270 e. The lowest BCUT2D eigenvalue weighted by Gasteiger charge is -1.72. The van der Waals surface area contributed by atoms with Gasteiger partial charge in [-0.2, -0.15) is 0 Å². The molecule has 0 N–H and O–H groups in total. The number of hydrogen-bond donors (Lipinski definition) is 0. The van der Waals surface area contributed by atoms with E-state index >= 15 is 0 Å². The normalized spacial score (nSPS) is 4.83. The Bertz CT molecular complexity index is 83.0. The van der Waals surface area contributed by atoms with Crippen molar-refractivity contribution in [1.82, 2.24) is 0 Å². The van der Waals surface area contributed by atoms with Crippen molar-refractivity contribution in [3.05, 3.63) is 24.9 Å². The molecule has 0 unspecified atom stereocenters. The summed E-state index contributed by atoms with van der Waals surface area (Å²) in [4.78, 5) is 3.44. The third kappa shape index (κ3) is 460. The smallest absolute Gasteiger partial charge is 0.0293 e. The van der Waals surface area contributed by atoms with Crippen LogP contribution in [0.25, 0.3) is 0 Å². The second-order valence-corrected chi connectivity index (χ2v) is 1.30. The average molecular weight is 171 g/mol. The van der Waals surface area contributed by atoms with E-state index in [0.717, 1.165) is 5.70 Å². The zero-order chi connectivity index (χ0) is 11.0. The number of rotatable bonds is 1. The molecule has 0 fully saturated rings. The molecule has 0 aliphatic heterocycles. The Morgan fingerprint density at radius 2 is 1.25 bits per heavy atom. The van der Waals surface area contributed by atoms with E-state index in [1.165, 1.54) is 0 Å². The maximum absolute atomic E-state index is 3.44. The highest BCUT2D eigenvalue weighted by Crippen LogP contribution is 1.80. The second-order valence-electron chi connectivity index (χ2n) is 1.30. The molecule has 1 heteroatoms. The maximum Gasteiger partial charge on any atom is 0.0293 e. The monoisotopic (exact) mass is 171 g/mol. The Kier molecular flexibility index (Phi) is 92.4. The largest absolute Gasteiger partial charge is 0.270 e. The van der Waals surface area contributed by atoms with Crippen LogP contribution in [-0.2, 0) is 0 Å². The van der Waals surface area contributed by atoms with Gasteiger partial charge in [-0.25, -0.2) is 0 Å². The van der Waals surface area contributed by atoms with Crippen molar-refractivity contribution >= 4 is 6.72 Å². The van der Waals surface area contributed by atoms with Gasteiger partial charge in [0.15, 0.2) is 0 Å². The van der Waals surface area contributed by atoms with Crippen molar-refractivity contribution in [2.24, 2.45) is 4.99 Å². The molecule has 74 valence electrons. The van der Waals surface area contributed by atoms with Crippen LogP contribution in [0.1, 0.15) is 41.5 Å². The first kappa shape index (κ1) is 22.5. The minimum absolute atomic E-state index is 0.769. The van der Waals surface area contributed by atoms with Gasteiger partial charge >= 0.3 is 0 Å². The van der Waals surface area contributed by atoms with Gasteiger partial charge in [0.2, 0.25) is 0 Å². The van der Waals surface area contributed by atoms with Gasteiger partial charge in [0.1, 0.15) is 0 Å². The fourth-order valence-corrected chi connectivity index (χ4v) is 0. The number of nitrogens with zero attached hydrogens (tertiary/aromatic N) is 1. The molecule has 0 amide bonds. The van der Waals surface area contributed by atoms with E-state index in [9.17, 15) is 0 Å². The average Bonchev–Trinajstić information content (AvgIpc) is 2.13. The Hall–Kier alpha value is -0.850. The Morgan fingerprint density at radius 3 is 1.25 bits per heavy atom. The van der Waals surface area contributed by atoms with Crippen LogP contribution in [0.2, 0.25) is 0 Å². The third-order valence-electron chi connectivity index (χ3n) is 0.270. The molecule has 0 saturated heterocycles. The fraction of sp³-hybridized carbons (Fsp3) is 0.545. The van der Waals surface area contributed by atoms with Crippen LogP contribution in [-0.4, -0.2) is 6.72 Å². The molecule has 0 spiro atoms. The zero-order valence-electron chi connectivity index (χ0n) is 9.65. The van der Waals surface area contributed by atoms with Crippen molar-refractivity contribution in [3.8, 4) is 0 Å². The van der Waals surface area contributed by atoms with Crippen LogP contribution in [0.5, 0.6) is 0 Å². The first-order valence-electron chi connectivity index (χ1n) is 4.38. The van der Waals surface area contributed by atoms with Crippen molar-refractivity contribution < 1.29 is 0 Å². The topological polar surface area (TPSA) is 12.4 Å². The van der Waals surface area contributed by atoms with E-state index in [-0.39, 0.29) is 0 Å². The molecule has 0 saturated carbocycles. The van der Waals surface area contributed by atoms with Gasteiger partial charge in [0, 0.05) is 5.70 Å². The van der Waals surface area contributed by atoms with Crippen LogP contribution in [0.3, 0.4) is 0 Å². The number of aliphatic imine (C=N–C) groups is 1. The Morgan fingerprint density at radius 1 is 1.17 bits per heavy atom. The highest BCUT2D eigenvalue weighted by molar-refractivity contribution is 5.27. The van der Waals surface area contributed by atoms with Gasteiger partial charge in [0.25, 0.3) is 0 Å². The Balaban J connectivity index is -0.0000000397. The van der Waals surface area contributed by atoms with Crippen LogP contribution in [0.4, 0.5) is 0 Å². The SMILES string of the molecule is C=CC.C=NC(=C)C.CC.CC. The lowest BCUT2D eigenvalue weighted by atomic mass is 10.6. The third-order valence-corrected chi connectivity index (χ3v) is 0.270. The highest BCUT2D eigenvalue weighted by Gasteiger charge is 1.59. The van der Waals surface area contributed by atoms with Gasteiger partial charge < -0.3 is 0 Å². The number of hydrogen-bond acceptors (Lipinski definition) is 1. The van der Waals surface area contributed by atoms with Crippen molar-refractivity contribution in [2.75, 3.05) is 0 Å². The predicted octanol–water partition coefficient (Wildman–Crippen LogP) is 4.47. The van der Waals surface area contributed by atoms with Gasteiger partial charge in [0.05, 0.1) is 0 Å². The van der Waals surface area contributed by atoms with E-state index in [0.29, 0.717) is 0 Å². The molecule has 0 bridgehead atoms. The summed E-state index contributed by atoms with van der Waals surface area (Å²) in [6.45, 7) is 21.7. The summed E-state index contributed by atoms with van der Waals surface area (Å²) in [7, 11) is 0. The molecule has 0 aliphatic carbocycles. The van der Waals surface area contributed by atoms with E-state index in [1.54, 1.807) is 13.0 Å². The lowest BCUT2D eigenvalue weighted by Crippen LogP contribution is -1.52. The Labute approximate surface area is 78.9 Å². The van der Waals surface area contributed by atoms with Crippen LogP contribution in [0.15, 0.2) is 29.9 Å². The molecule has 12 heavy (non-hydrogen) atoms. The first-order chi connectivity index (χ1) is 5.68. The molecule has 0 aliphatic rings. The summed E-state index contributed by atoms with van der Waals surface area (Å²) in [5.41, 5.74) is 0.769. The van der Waals surface area contributed by atoms with Gasteiger partial charge in [-0.05, 0) is 20.6 Å². The van der Waals surface area contributed by atoms with Crippen molar-refractivity contribution in [1.29, 1.82) is 0 Å². The number of allylic oxidation sites excluding steroid dienone is 2. The summed E-state index contributed by atoms with van der Waals surface area (Å²) in [5.74, 6) is 0. The molecule has 0 aromatic carbocycles. The lowest BCUT2D eigenvalue weighted by molar-refractivity contribution is 1.35. The summed E-state index contributed by atoms with van der Waals surface area (Å²) in [6, 6.07) is 0. The van der Waals surface area contributed by atoms with Crippen molar-refractivity contribution in [3.63, 3.8) is 0 Å². The minimum atomic E-state index is 0.769. The molecule has 0 aromatic rings. The molecule has 0 aromatic heterocycles. The molecule has 0 rings (SSSR count). The molecule has 1 nitrogen and oxygen atoms in total.